The van der Waals surface area contributed by atoms with Crippen molar-refractivity contribution >= 4 is 16.5 Å². The van der Waals surface area contributed by atoms with Gasteiger partial charge in [0.25, 0.3) is 0 Å². The van der Waals surface area contributed by atoms with E-state index < -0.39 is 6.55 Å². The molecule has 18 heavy (non-hydrogen) atoms. The van der Waals surface area contributed by atoms with Gasteiger partial charge in [0.05, 0.1) is 6.54 Å². The molecule has 0 radical (unpaired) electrons. The van der Waals surface area contributed by atoms with E-state index in [1.807, 2.05) is 11.9 Å². The highest BCUT2D eigenvalue weighted by Crippen LogP contribution is 2.18. The van der Waals surface area contributed by atoms with Crippen LogP contribution >= 0.6 is 11.3 Å². The van der Waals surface area contributed by atoms with E-state index >= 15 is 0 Å². The number of nitrogens with zero attached hydrogens (tertiary/aromatic N) is 4. The molecule has 0 aliphatic rings. The highest BCUT2D eigenvalue weighted by atomic mass is 32.1. The molecule has 0 aromatic carbocycles. The number of hydrogen-bond donors (Lipinski definition) is 1. The van der Waals surface area contributed by atoms with Gasteiger partial charge in [-0.15, -0.1) is 11.3 Å². The maximum atomic E-state index is 12.6. The van der Waals surface area contributed by atoms with Gasteiger partial charge in [0.15, 0.2) is 5.13 Å². The molecule has 2 N–H and O–H groups in total. The largest absolute Gasteiger partial charge is 0.375 e. The summed E-state index contributed by atoms with van der Waals surface area (Å²) in [6.07, 6.45) is 4.34. The number of anilines is 1. The van der Waals surface area contributed by atoms with Gasteiger partial charge in [-0.3, -0.25) is 9.47 Å². The van der Waals surface area contributed by atoms with Crippen molar-refractivity contribution < 1.29 is 8.78 Å². The summed E-state index contributed by atoms with van der Waals surface area (Å²) >= 11 is 1.39. The lowest BCUT2D eigenvalue weighted by Gasteiger charge is -2.15. The maximum absolute atomic E-state index is 12.6. The van der Waals surface area contributed by atoms with Crippen LogP contribution < -0.4 is 5.73 Å². The Hall–Kier alpha value is -1.54. The fraction of sp³-hybridized carbons (Fsp3) is 0.400. The fourth-order valence-electron chi connectivity index (χ4n) is 1.60. The van der Waals surface area contributed by atoms with Crippen molar-refractivity contribution in [1.82, 2.24) is 19.4 Å². The molecule has 2 aromatic heterocycles. The second kappa shape index (κ2) is 5.40. The zero-order valence-electron chi connectivity index (χ0n) is 9.75. The SMILES string of the molecule is CN(Cc1cnc(N)s1)Cc1nccn1C(F)F. The van der Waals surface area contributed by atoms with Crippen LogP contribution in [-0.2, 0) is 13.1 Å². The Morgan fingerprint density at radius 1 is 1.44 bits per heavy atom. The van der Waals surface area contributed by atoms with Gasteiger partial charge in [-0.1, -0.05) is 0 Å². The van der Waals surface area contributed by atoms with Gasteiger partial charge in [0, 0.05) is 30.0 Å². The van der Waals surface area contributed by atoms with Gasteiger partial charge in [-0.2, -0.15) is 8.78 Å². The van der Waals surface area contributed by atoms with E-state index in [9.17, 15) is 8.78 Å². The van der Waals surface area contributed by atoms with Gasteiger partial charge in [0.2, 0.25) is 0 Å². The summed E-state index contributed by atoms with van der Waals surface area (Å²) in [6, 6.07) is 0. The Balaban J connectivity index is 1.98. The molecular weight excluding hydrogens is 260 g/mol. The molecule has 0 amide bonds. The average Bonchev–Trinajstić information content (AvgIpc) is 2.87. The molecule has 0 bridgehead atoms. The standard InChI is InChI=1S/C10H13F2N5S/c1-16(5-7-4-15-10(13)18-7)6-8-14-2-3-17(8)9(11)12/h2-4,9H,5-6H2,1H3,(H2,13,15). The summed E-state index contributed by atoms with van der Waals surface area (Å²) in [5.41, 5.74) is 5.53. The Morgan fingerprint density at radius 2 is 2.22 bits per heavy atom. The lowest BCUT2D eigenvalue weighted by atomic mass is 10.4. The Morgan fingerprint density at radius 3 is 2.83 bits per heavy atom. The van der Waals surface area contributed by atoms with E-state index in [2.05, 4.69) is 9.97 Å². The first-order chi connectivity index (χ1) is 8.56. The molecule has 0 saturated heterocycles. The number of rotatable bonds is 5. The molecule has 0 fully saturated rings. The number of nitrogen functional groups attached to an aromatic ring is 1. The number of thiazole rings is 1. The number of imidazole rings is 1. The minimum absolute atomic E-state index is 0.338. The Bertz CT molecular complexity index is 510. The van der Waals surface area contributed by atoms with Crippen molar-refractivity contribution in [2.75, 3.05) is 12.8 Å². The van der Waals surface area contributed by atoms with E-state index in [-0.39, 0.29) is 0 Å². The first-order valence-electron chi connectivity index (χ1n) is 5.25. The van der Waals surface area contributed by atoms with Gasteiger partial charge >= 0.3 is 6.55 Å². The zero-order valence-corrected chi connectivity index (χ0v) is 10.6. The van der Waals surface area contributed by atoms with Crippen LogP contribution in [0.2, 0.25) is 0 Å². The molecule has 0 atom stereocenters. The third kappa shape index (κ3) is 3.02. The van der Waals surface area contributed by atoms with Gasteiger partial charge < -0.3 is 5.73 Å². The van der Waals surface area contributed by atoms with Gasteiger partial charge in [-0.25, -0.2) is 9.97 Å². The summed E-state index contributed by atoms with van der Waals surface area (Å²) in [5, 5.41) is 0.507. The van der Waals surface area contributed by atoms with Gasteiger partial charge in [0.1, 0.15) is 5.82 Å². The minimum Gasteiger partial charge on any atom is -0.375 e. The topological polar surface area (TPSA) is 60.0 Å². The monoisotopic (exact) mass is 273 g/mol. The molecule has 0 aliphatic heterocycles. The lowest BCUT2D eigenvalue weighted by molar-refractivity contribution is 0.0644. The fourth-order valence-corrected chi connectivity index (χ4v) is 2.37. The van der Waals surface area contributed by atoms with Crippen molar-refractivity contribution in [3.05, 3.63) is 29.3 Å². The molecule has 0 spiro atoms. The number of halogens is 2. The average molecular weight is 273 g/mol. The summed E-state index contributed by atoms with van der Waals surface area (Å²) in [6.45, 7) is -1.62. The molecule has 0 aliphatic carbocycles. The third-order valence-corrected chi connectivity index (χ3v) is 3.18. The molecule has 8 heteroatoms. The van der Waals surface area contributed by atoms with Crippen molar-refractivity contribution in [2.45, 2.75) is 19.6 Å². The van der Waals surface area contributed by atoms with E-state index in [0.717, 1.165) is 9.44 Å². The van der Waals surface area contributed by atoms with Crippen molar-refractivity contribution in [2.24, 2.45) is 0 Å². The van der Waals surface area contributed by atoms with Crippen LogP contribution in [-0.4, -0.2) is 26.5 Å². The summed E-state index contributed by atoms with van der Waals surface area (Å²) in [7, 11) is 1.83. The second-order valence-electron chi connectivity index (χ2n) is 3.87. The third-order valence-electron chi connectivity index (χ3n) is 2.37. The van der Waals surface area contributed by atoms with E-state index in [1.165, 1.54) is 23.7 Å². The number of aromatic nitrogens is 3. The molecule has 2 heterocycles. The quantitative estimate of drug-likeness (QED) is 0.904. The summed E-state index contributed by atoms with van der Waals surface area (Å²) in [4.78, 5) is 10.7. The zero-order chi connectivity index (χ0) is 13.1. The molecule has 2 rings (SSSR count). The smallest absolute Gasteiger partial charge is 0.319 e. The van der Waals surface area contributed by atoms with E-state index in [1.54, 1.807) is 6.20 Å². The molecular formula is C10H13F2N5S. The number of hydrogen-bond acceptors (Lipinski definition) is 5. The van der Waals surface area contributed by atoms with Crippen molar-refractivity contribution in [1.29, 1.82) is 0 Å². The molecule has 2 aromatic rings. The minimum atomic E-state index is -2.56. The predicted octanol–water partition coefficient (Wildman–Crippen LogP) is 1.95. The molecule has 5 nitrogen and oxygen atoms in total. The summed E-state index contributed by atoms with van der Waals surface area (Å²) < 4.78 is 26.1. The number of alkyl halides is 2. The molecule has 0 unspecified atom stereocenters. The second-order valence-corrected chi connectivity index (χ2v) is 5.01. The maximum Gasteiger partial charge on any atom is 0.319 e. The van der Waals surface area contributed by atoms with Crippen molar-refractivity contribution in [3.63, 3.8) is 0 Å². The van der Waals surface area contributed by atoms with Crippen LogP contribution in [0.25, 0.3) is 0 Å². The lowest BCUT2D eigenvalue weighted by Crippen LogP contribution is -2.19. The first kappa shape index (κ1) is 12.9. The Labute approximate surface area is 107 Å². The number of nitrogens with two attached hydrogens (primary N) is 1. The van der Waals surface area contributed by atoms with Crippen LogP contribution in [0.3, 0.4) is 0 Å². The van der Waals surface area contributed by atoms with Crippen LogP contribution in [0.1, 0.15) is 17.3 Å². The highest BCUT2D eigenvalue weighted by Gasteiger charge is 2.13. The molecule has 98 valence electrons. The van der Waals surface area contributed by atoms with Gasteiger partial charge in [-0.05, 0) is 7.05 Å². The Kier molecular flexibility index (Phi) is 3.87. The van der Waals surface area contributed by atoms with Crippen LogP contribution in [0.4, 0.5) is 13.9 Å². The van der Waals surface area contributed by atoms with Crippen LogP contribution in [0.5, 0.6) is 0 Å². The van der Waals surface area contributed by atoms with Crippen molar-refractivity contribution in [3.8, 4) is 0 Å². The van der Waals surface area contributed by atoms with Crippen LogP contribution in [0.15, 0.2) is 18.6 Å². The van der Waals surface area contributed by atoms with E-state index in [0.29, 0.717) is 24.0 Å². The summed E-state index contributed by atoms with van der Waals surface area (Å²) in [5.74, 6) is 0.338. The van der Waals surface area contributed by atoms with Crippen LogP contribution in [0, 0.1) is 0 Å². The molecule has 0 saturated carbocycles. The first-order valence-corrected chi connectivity index (χ1v) is 6.06. The normalized spacial score (nSPS) is 11.6. The predicted molar refractivity (Wildman–Crippen MR) is 65.2 cm³/mol. The van der Waals surface area contributed by atoms with E-state index in [4.69, 9.17) is 5.73 Å². The highest BCUT2D eigenvalue weighted by molar-refractivity contribution is 7.15.